The van der Waals surface area contributed by atoms with Gasteiger partial charge in [0.25, 0.3) is 0 Å². The molecule has 4 aromatic rings. The van der Waals surface area contributed by atoms with Crippen molar-refractivity contribution in [3.63, 3.8) is 0 Å². The number of nitrogens with one attached hydrogen (secondary N) is 2. The second kappa shape index (κ2) is 9.18. The zero-order valence-electron chi connectivity index (χ0n) is 17.2. The lowest BCUT2D eigenvalue weighted by atomic mass is 10.00. The van der Waals surface area contributed by atoms with Crippen molar-refractivity contribution >= 4 is 48.0 Å². The second-order valence-electron chi connectivity index (χ2n) is 7.23. The van der Waals surface area contributed by atoms with Crippen molar-refractivity contribution in [1.29, 1.82) is 0 Å². The van der Waals surface area contributed by atoms with Gasteiger partial charge in [0.1, 0.15) is 28.2 Å². The number of benzene rings is 2. The van der Waals surface area contributed by atoms with Crippen molar-refractivity contribution in [1.82, 2.24) is 9.97 Å². The average molecular weight is 469 g/mol. The second-order valence-corrected chi connectivity index (χ2v) is 9.11. The predicted molar refractivity (Wildman–Crippen MR) is 129 cm³/mol. The van der Waals surface area contributed by atoms with Crippen molar-refractivity contribution < 1.29 is 18.5 Å². The summed E-state index contributed by atoms with van der Waals surface area (Å²) >= 11 is 0. The van der Waals surface area contributed by atoms with Gasteiger partial charge in [-0.05, 0) is 42.3 Å². The first-order valence-corrected chi connectivity index (χ1v) is 11.8. The fourth-order valence-corrected chi connectivity index (χ4v) is 4.85. The molecule has 0 aliphatic heterocycles. The van der Waals surface area contributed by atoms with Gasteiger partial charge in [0.15, 0.2) is 5.78 Å². The third kappa shape index (κ3) is 4.29. The molecule has 2 heterocycles. The third-order valence-electron chi connectivity index (χ3n) is 5.01. The van der Waals surface area contributed by atoms with E-state index in [9.17, 15) is 18.5 Å². The zero-order valence-corrected chi connectivity index (χ0v) is 19.2. The topological polar surface area (TPSA) is 95.1 Å². The van der Waals surface area contributed by atoms with Crippen LogP contribution in [0.3, 0.4) is 0 Å². The Labute approximate surface area is 189 Å². The van der Waals surface area contributed by atoms with Gasteiger partial charge >= 0.3 is 0 Å². The monoisotopic (exact) mass is 469 g/mol. The number of aromatic nitrogens is 2. The number of rotatable bonds is 7. The van der Waals surface area contributed by atoms with Crippen molar-refractivity contribution in [2.45, 2.75) is 13.3 Å². The van der Waals surface area contributed by atoms with Crippen LogP contribution in [0.2, 0.25) is 0 Å². The van der Waals surface area contributed by atoms with Gasteiger partial charge in [0.05, 0.1) is 11.3 Å². The molecule has 2 aromatic heterocycles. The summed E-state index contributed by atoms with van der Waals surface area (Å²) in [4.78, 5) is 20.7. The van der Waals surface area contributed by atoms with Gasteiger partial charge in [-0.15, -0.1) is 9.24 Å². The van der Waals surface area contributed by atoms with E-state index in [4.69, 9.17) is 0 Å². The van der Waals surface area contributed by atoms with E-state index in [1.807, 2.05) is 6.92 Å². The first-order chi connectivity index (χ1) is 15.4. The van der Waals surface area contributed by atoms with Crippen LogP contribution in [0.1, 0.15) is 29.3 Å². The maximum Gasteiger partial charge on any atom is 0.198 e. The highest BCUT2D eigenvalue weighted by molar-refractivity contribution is 7.86. The number of anilines is 1. The molecule has 0 saturated heterocycles. The van der Waals surface area contributed by atoms with Crippen LogP contribution in [0.25, 0.3) is 22.2 Å². The molecule has 0 radical (unpaired) electrons. The van der Waals surface area contributed by atoms with Crippen LogP contribution in [0, 0.1) is 5.82 Å². The highest BCUT2D eigenvalue weighted by Gasteiger charge is 2.23. The van der Waals surface area contributed by atoms with Crippen LogP contribution < -0.4 is 10.0 Å². The minimum Gasteiger partial charge on any atom is -0.508 e. The summed E-state index contributed by atoms with van der Waals surface area (Å²) in [6.45, 7) is 1.91. The number of hydrogen-bond acceptors (Lipinski definition) is 4. The average Bonchev–Trinajstić information content (AvgIpc) is 3.20. The number of fused-ring (bicyclic) bond motifs is 1. The molecular weight excluding hydrogens is 448 g/mol. The summed E-state index contributed by atoms with van der Waals surface area (Å²) < 4.78 is 29.7. The predicted octanol–water partition coefficient (Wildman–Crippen LogP) is 4.29. The van der Waals surface area contributed by atoms with E-state index in [2.05, 4.69) is 23.9 Å². The lowest BCUT2D eigenvalue weighted by Crippen LogP contribution is -2.19. The molecule has 2 atom stereocenters. The molecule has 0 saturated carbocycles. The first-order valence-electron chi connectivity index (χ1n) is 9.93. The van der Waals surface area contributed by atoms with Crippen LogP contribution in [-0.2, 0) is 11.0 Å². The number of phenols is 1. The number of hydrogen-bond donors (Lipinski definition) is 3. The maximum absolute atomic E-state index is 14.8. The molecule has 3 N–H and O–H groups in total. The largest absolute Gasteiger partial charge is 0.508 e. The molecule has 6 nitrogen and oxygen atoms in total. The highest BCUT2D eigenvalue weighted by Crippen LogP contribution is 2.28. The van der Waals surface area contributed by atoms with Crippen LogP contribution in [0.5, 0.6) is 5.75 Å². The number of pyridine rings is 1. The summed E-state index contributed by atoms with van der Waals surface area (Å²) in [6, 6.07) is 11.1. The van der Waals surface area contributed by atoms with Crippen LogP contribution in [0.4, 0.5) is 10.1 Å². The zero-order chi connectivity index (χ0) is 22.8. The van der Waals surface area contributed by atoms with Crippen molar-refractivity contribution in [2.24, 2.45) is 0 Å². The summed E-state index contributed by atoms with van der Waals surface area (Å²) in [5.41, 5.74) is 2.67. The Morgan fingerprint density at radius 1 is 1.22 bits per heavy atom. The number of carbonyl (C=O) groups excluding carboxylic acids is 1. The van der Waals surface area contributed by atoms with E-state index >= 15 is 0 Å². The number of halogens is 1. The van der Waals surface area contributed by atoms with Crippen LogP contribution in [0.15, 0.2) is 54.9 Å². The van der Waals surface area contributed by atoms with Crippen molar-refractivity contribution in [3.05, 3.63) is 71.8 Å². The molecule has 4 rings (SSSR count). The number of nitrogens with zero attached hydrogens (tertiary/aromatic N) is 1. The number of aromatic amines is 1. The summed E-state index contributed by atoms with van der Waals surface area (Å²) in [5.74, 6) is -0.576. The molecule has 0 bridgehead atoms. The smallest absolute Gasteiger partial charge is 0.198 e. The number of aromatic hydroxyl groups is 1. The molecule has 0 aliphatic carbocycles. The van der Waals surface area contributed by atoms with E-state index in [1.54, 1.807) is 36.5 Å². The SMILES string of the molecule is CCCS(=O)Nc1ccc(F)c(C(=O)c2c[nH]c3ncc(-c4ccc(O)cc4)cc23)c1P. The fraction of sp³-hybridized carbons (Fsp3) is 0.130. The molecule has 0 aliphatic rings. The minimum absolute atomic E-state index is 0.107. The Morgan fingerprint density at radius 3 is 2.69 bits per heavy atom. The molecule has 164 valence electrons. The number of H-pyrrole nitrogens is 1. The molecule has 2 aromatic carbocycles. The van der Waals surface area contributed by atoms with E-state index in [-0.39, 0.29) is 16.9 Å². The quantitative estimate of drug-likeness (QED) is 0.278. The van der Waals surface area contributed by atoms with Gasteiger partial charge < -0.3 is 14.8 Å². The standard InChI is InChI=1S/C23H21FN3O3PS/c1-2-9-32(30)27-19-8-7-18(24)20(22(19)31)21(29)17-12-26-23-16(17)10-14(11-25-23)13-3-5-15(28)6-4-13/h3-8,10-12,27-28H,2,9,31H2,1H3,(H,25,26). The lowest BCUT2D eigenvalue weighted by molar-refractivity contribution is 0.103. The number of phenolic OH excluding ortho intramolecular Hbond substituents is 1. The molecule has 0 spiro atoms. The van der Waals surface area contributed by atoms with Gasteiger partial charge in [-0.25, -0.2) is 13.6 Å². The lowest BCUT2D eigenvalue weighted by Gasteiger charge is -2.13. The Morgan fingerprint density at radius 2 is 1.97 bits per heavy atom. The molecule has 9 heteroatoms. The first kappa shape index (κ1) is 22.1. The Bertz CT molecular complexity index is 1340. The third-order valence-corrected chi connectivity index (χ3v) is 6.84. The van der Waals surface area contributed by atoms with Gasteiger partial charge in [-0.3, -0.25) is 4.79 Å². The van der Waals surface area contributed by atoms with Gasteiger partial charge in [0.2, 0.25) is 0 Å². The van der Waals surface area contributed by atoms with Gasteiger partial charge in [0, 0.05) is 40.0 Å². The van der Waals surface area contributed by atoms with Crippen molar-refractivity contribution in [2.75, 3.05) is 10.5 Å². The van der Waals surface area contributed by atoms with Crippen molar-refractivity contribution in [3.8, 4) is 16.9 Å². The van der Waals surface area contributed by atoms with E-state index in [0.29, 0.717) is 27.8 Å². The molecule has 2 unspecified atom stereocenters. The van der Waals surface area contributed by atoms with E-state index in [0.717, 1.165) is 17.5 Å². The number of ketones is 1. The van der Waals surface area contributed by atoms with E-state index in [1.165, 1.54) is 18.3 Å². The maximum atomic E-state index is 14.8. The Balaban J connectivity index is 1.76. The van der Waals surface area contributed by atoms with E-state index < -0.39 is 22.6 Å². The van der Waals surface area contributed by atoms with Gasteiger partial charge in [-0.1, -0.05) is 19.1 Å². The summed E-state index contributed by atoms with van der Waals surface area (Å²) in [6.07, 6.45) is 3.90. The normalized spacial score (nSPS) is 12.1. The fourth-order valence-electron chi connectivity index (χ4n) is 3.41. The number of carbonyl (C=O) groups is 1. The molecule has 0 amide bonds. The van der Waals surface area contributed by atoms with Crippen LogP contribution >= 0.6 is 9.24 Å². The summed E-state index contributed by atoms with van der Waals surface area (Å²) in [5, 5.41) is 10.4. The highest BCUT2D eigenvalue weighted by atomic mass is 32.2. The molecule has 32 heavy (non-hydrogen) atoms. The van der Waals surface area contributed by atoms with Crippen LogP contribution in [-0.4, -0.2) is 30.8 Å². The molecular formula is C23H21FN3O3PS. The van der Waals surface area contributed by atoms with Gasteiger partial charge in [-0.2, -0.15) is 0 Å². The Kier molecular flexibility index (Phi) is 6.35. The summed E-state index contributed by atoms with van der Waals surface area (Å²) in [7, 11) is 1.06. The minimum atomic E-state index is -1.33. The Hall–Kier alpha value is -3.09. The molecule has 0 fully saturated rings.